The minimum atomic E-state index is 1.11. The van der Waals surface area contributed by atoms with E-state index in [1.165, 1.54) is 256 Å². The van der Waals surface area contributed by atoms with Crippen molar-refractivity contribution in [3.63, 3.8) is 0 Å². The van der Waals surface area contributed by atoms with Crippen molar-refractivity contribution in [2.24, 2.45) is 0 Å². The first-order valence-corrected chi connectivity index (χ1v) is 37.2. The van der Waals surface area contributed by atoms with Gasteiger partial charge in [-0.15, -0.1) is 0 Å². The van der Waals surface area contributed by atoms with Crippen LogP contribution in [-0.2, 0) is 38.5 Å². The number of hydrogen-bond acceptors (Lipinski definition) is 0. The van der Waals surface area contributed by atoms with Crippen LogP contribution in [0.1, 0.15) is 195 Å². The average molecular weight is 1320 g/mol. The highest BCUT2D eigenvalue weighted by Crippen LogP contribution is 2.47. The number of benzene rings is 12. The molecule has 6 aliphatic rings. The van der Waals surface area contributed by atoms with Gasteiger partial charge in [-0.2, -0.15) is 0 Å². The van der Waals surface area contributed by atoms with Gasteiger partial charge in [0.15, 0.2) is 0 Å². The van der Waals surface area contributed by atoms with Gasteiger partial charge in [0.1, 0.15) is 0 Å². The topological polar surface area (TPSA) is 0 Å². The van der Waals surface area contributed by atoms with Crippen LogP contribution in [0.15, 0.2) is 152 Å². The molecule has 0 aliphatic heterocycles. The largest absolute Gasteiger partial charge is 0.0619 e. The summed E-state index contributed by atoms with van der Waals surface area (Å²) in [6.45, 7) is 51.3. The molecule has 0 spiro atoms. The Bertz CT molecular complexity index is 5390. The van der Waals surface area contributed by atoms with Gasteiger partial charge < -0.3 is 0 Å². The quantitative estimate of drug-likeness (QED) is 0.142. The maximum atomic E-state index is 2.37. The van der Waals surface area contributed by atoms with E-state index < -0.39 is 0 Å². The summed E-state index contributed by atoms with van der Waals surface area (Å²) in [5.41, 5.74) is 68.7. The molecule has 0 aromatic heterocycles. The molecule has 0 N–H and O–H groups in total. The van der Waals surface area contributed by atoms with Crippen molar-refractivity contribution in [1.29, 1.82) is 0 Å². The molecule has 0 saturated carbocycles. The van der Waals surface area contributed by atoms with E-state index in [1.54, 1.807) is 5.56 Å². The molecule has 18 rings (SSSR count). The van der Waals surface area contributed by atoms with Gasteiger partial charge in [-0.3, -0.25) is 0 Å². The van der Waals surface area contributed by atoms with Crippen molar-refractivity contribution in [2.45, 2.75) is 198 Å². The Labute approximate surface area is 607 Å². The SMILES string of the molecule is Cc1c(C)c(C)c2c(c1C)Cc1ccccc1-2.Cc1cc2c(c(C)c1C)Cc1c(C)cccc1-2.Cc1cc2c(c(C)c1C)Cc1cccc(C)c1-2.Cc1cc2c(cc1C)-c1cccc(C)c1C2.Cc1ccc2c(c1)-c1cc(C)c(C)c(C)c1C2.Cc1ccc2c(c1)Cc1c-2cc(C)c(C)c1C. The van der Waals surface area contributed by atoms with E-state index >= 15 is 0 Å². The standard InChI is InChI=1S/5C17H18.C16H16/c1-10-5-6-15-14(7-10)9-16-13(4)12(3)11(2)8-17(15)16;1-10-5-6-14-9-15-13(4)12(3)11(2)8-17(15)16(14)7-10;1-10-6-5-7-14-15(10)9-16-13(4)12(3)11(2)8-17(14)16;1-10-6-5-7-14-9-15-13(4)12(3)11(2)8-16(15)17(10)14;1-10-11(2)13(4)17-15-8-6-5-7-14(15)9-16(17)12(10)3;1-10-5-4-6-14-15(10)9-13-7-11(2)12(3)8-16(13)14/h5*5-8H,9H2,1-4H3;4-8H,9H2,1-3H3. The molecule has 0 heterocycles. The van der Waals surface area contributed by atoms with Crippen molar-refractivity contribution >= 4 is 0 Å². The summed E-state index contributed by atoms with van der Waals surface area (Å²) in [5, 5.41) is 0. The van der Waals surface area contributed by atoms with Crippen molar-refractivity contribution < 1.29 is 0 Å². The van der Waals surface area contributed by atoms with E-state index in [1.807, 2.05) is 0 Å². The third kappa shape index (κ3) is 12.6. The van der Waals surface area contributed by atoms with Crippen LogP contribution in [0.2, 0.25) is 0 Å². The number of fused-ring (bicyclic) bond motifs is 18. The molecule has 0 fully saturated rings. The van der Waals surface area contributed by atoms with E-state index in [0.717, 1.165) is 38.5 Å². The lowest BCUT2D eigenvalue weighted by Crippen LogP contribution is -1.98. The molecular formula is C101H106. The molecule has 0 bridgehead atoms. The second kappa shape index (κ2) is 27.5. The Morgan fingerprint density at radius 3 is 1.14 bits per heavy atom. The van der Waals surface area contributed by atoms with Crippen LogP contribution in [0.5, 0.6) is 0 Å². The molecule has 0 heteroatoms. The Kier molecular flexibility index (Phi) is 19.1. The second-order valence-corrected chi connectivity index (χ2v) is 31.2. The molecule has 0 amide bonds. The van der Waals surface area contributed by atoms with E-state index in [2.05, 4.69) is 311 Å². The van der Waals surface area contributed by atoms with E-state index in [9.17, 15) is 0 Å². The fourth-order valence-electron chi connectivity index (χ4n) is 17.6. The number of hydrogen-bond donors (Lipinski definition) is 0. The van der Waals surface area contributed by atoms with Gasteiger partial charge in [0.25, 0.3) is 0 Å². The second-order valence-electron chi connectivity index (χ2n) is 31.2. The highest BCUT2D eigenvalue weighted by atomic mass is 14.3. The van der Waals surface area contributed by atoms with Crippen molar-refractivity contribution in [3.8, 4) is 66.8 Å². The minimum Gasteiger partial charge on any atom is -0.0619 e. The van der Waals surface area contributed by atoms with Gasteiger partial charge in [-0.25, -0.2) is 0 Å². The summed E-state index contributed by atoms with van der Waals surface area (Å²) < 4.78 is 0. The summed E-state index contributed by atoms with van der Waals surface area (Å²) in [6, 6.07) is 56.6. The Morgan fingerprint density at radius 2 is 0.525 bits per heavy atom. The first-order valence-electron chi connectivity index (χ1n) is 37.2. The zero-order valence-corrected chi connectivity index (χ0v) is 65.2. The molecule has 0 unspecified atom stereocenters. The van der Waals surface area contributed by atoms with Crippen molar-refractivity contribution in [1.82, 2.24) is 0 Å². The molecule has 101 heavy (non-hydrogen) atoms. The first kappa shape index (κ1) is 70.1. The van der Waals surface area contributed by atoms with Gasteiger partial charge >= 0.3 is 0 Å². The van der Waals surface area contributed by atoms with Crippen LogP contribution in [-0.4, -0.2) is 0 Å². The lowest BCUT2D eigenvalue weighted by atomic mass is 9.89. The molecular weight excluding hydrogens is 1210 g/mol. The highest BCUT2D eigenvalue weighted by Gasteiger charge is 2.29. The lowest BCUT2D eigenvalue weighted by molar-refractivity contribution is 1.15. The monoisotopic (exact) mass is 1320 g/mol. The minimum absolute atomic E-state index is 1.11. The van der Waals surface area contributed by atoms with Gasteiger partial charge in [-0.05, 0) is 448 Å². The fraction of sp³-hybridized carbons (Fsp3) is 0.287. The van der Waals surface area contributed by atoms with E-state index in [-0.39, 0.29) is 0 Å². The van der Waals surface area contributed by atoms with Crippen LogP contribution in [0.25, 0.3) is 66.8 Å². The third-order valence-corrected chi connectivity index (χ3v) is 25.3. The number of rotatable bonds is 0. The van der Waals surface area contributed by atoms with Gasteiger partial charge in [-0.1, -0.05) is 163 Å². The van der Waals surface area contributed by atoms with E-state index in [0.29, 0.717) is 0 Å². The zero-order valence-electron chi connectivity index (χ0n) is 65.2. The van der Waals surface area contributed by atoms with Crippen LogP contribution in [0.4, 0.5) is 0 Å². The average Bonchev–Trinajstić information content (AvgIpc) is 1.66. The Morgan fingerprint density at radius 1 is 0.158 bits per heavy atom. The molecule has 0 atom stereocenters. The molecule has 12 aromatic rings. The smallest absolute Gasteiger partial charge is 0.000809 e. The fourth-order valence-corrected chi connectivity index (χ4v) is 17.6. The lowest BCUT2D eigenvalue weighted by Gasteiger charge is -2.16. The predicted molar refractivity (Wildman–Crippen MR) is 437 cm³/mol. The molecule has 12 aromatic carbocycles. The molecule has 0 saturated heterocycles. The molecule has 510 valence electrons. The van der Waals surface area contributed by atoms with E-state index in [4.69, 9.17) is 0 Å². The Balaban J connectivity index is 0.000000108. The summed E-state index contributed by atoms with van der Waals surface area (Å²) in [4.78, 5) is 0. The van der Waals surface area contributed by atoms with Crippen molar-refractivity contribution in [3.05, 3.63) is 346 Å². The molecule has 6 aliphatic carbocycles. The predicted octanol–water partition coefficient (Wildman–Crippen LogP) is 26.6. The normalized spacial score (nSPS) is 12.5. The van der Waals surface area contributed by atoms with Crippen LogP contribution < -0.4 is 0 Å². The highest BCUT2D eigenvalue weighted by molar-refractivity contribution is 5.86. The van der Waals surface area contributed by atoms with Crippen molar-refractivity contribution in [2.75, 3.05) is 0 Å². The Hall–Kier alpha value is -9.36. The maximum Gasteiger partial charge on any atom is -0.000809 e. The maximum absolute atomic E-state index is 2.37. The van der Waals surface area contributed by atoms with Gasteiger partial charge in [0.05, 0.1) is 0 Å². The van der Waals surface area contributed by atoms with Crippen LogP contribution in [0, 0.1) is 159 Å². The third-order valence-electron chi connectivity index (χ3n) is 25.3. The summed E-state index contributed by atoms with van der Waals surface area (Å²) in [6.07, 6.45) is 6.67. The van der Waals surface area contributed by atoms with Gasteiger partial charge in [0.2, 0.25) is 0 Å². The molecule has 0 nitrogen and oxygen atoms in total. The summed E-state index contributed by atoms with van der Waals surface area (Å²) in [5.74, 6) is 0. The summed E-state index contributed by atoms with van der Waals surface area (Å²) >= 11 is 0. The van der Waals surface area contributed by atoms with Crippen LogP contribution in [0.3, 0.4) is 0 Å². The summed E-state index contributed by atoms with van der Waals surface area (Å²) in [7, 11) is 0. The van der Waals surface area contributed by atoms with Crippen LogP contribution >= 0.6 is 0 Å². The molecule has 0 radical (unpaired) electrons. The van der Waals surface area contributed by atoms with Gasteiger partial charge in [0, 0.05) is 0 Å². The first-order chi connectivity index (χ1) is 48.1. The zero-order chi connectivity index (χ0) is 72.1. The number of aryl methyl sites for hydroxylation is 11.